The summed E-state index contributed by atoms with van der Waals surface area (Å²) in [6, 6.07) is 18.2. The van der Waals surface area contributed by atoms with Crippen molar-refractivity contribution in [1.29, 1.82) is 0 Å². The number of hydrogen-bond donors (Lipinski definition) is 1. The molecule has 0 bridgehead atoms. The van der Waals surface area contributed by atoms with Crippen LogP contribution >= 0.6 is 11.8 Å². The van der Waals surface area contributed by atoms with E-state index in [2.05, 4.69) is 27.3 Å². The highest BCUT2D eigenvalue weighted by Gasteiger charge is 2.02. The first-order valence-corrected chi connectivity index (χ1v) is 8.60. The van der Waals surface area contributed by atoms with Crippen molar-refractivity contribution in [2.75, 3.05) is 0 Å². The number of hydrogen-bond acceptors (Lipinski definition) is 4. The van der Waals surface area contributed by atoms with Crippen LogP contribution in [0.4, 0.5) is 0 Å². The summed E-state index contributed by atoms with van der Waals surface area (Å²) in [6.07, 6.45) is 3.52. The summed E-state index contributed by atoms with van der Waals surface area (Å²) < 4.78 is 0. The van der Waals surface area contributed by atoms with Gasteiger partial charge in [-0.05, 0) is 24.1 Å². The average molecular weight is 334 g/mol. The first kappa shape index (κ1) is 16.2. The third-order valence-electron chi connectivity index (χ3n) is 3.59. The van der Waals surface area contributed by atoms with E-state index in [9.17, 15) is 0 Å². The molecule has 4 nitrogen and oxygen atoms in total. The molecule has 5 heteroatoms. The molecule has 3 aromatic rings. The molecule has 0 aliphatic rings. The van der Waals surface area contributed by atoms with Crippen molar-refractivity contribution >= 4 is 34.0 Å². The fourth-order valence-corrected chi connectivity index (χ4v) is 2.97. The molecule has 120 valence electrons. The Morgan fingerprint density at radius 3 is 2.79 bits per heavy atom. The van der Waals surface area contributed by atoms with Crippen LogP contribution in [0.2, 0.25) is 0 Å². The lowest BCUT2D eigenvalue weighted by atomic mass is 10.1. The van der Waals surface area contributed by atoms with Crippen LogP contribution in [-0.2, 0) is 5.75 Å². The van der Waals surface area contributed by atoms with Gasteiger partial charge in [-0.2, -0.15) is 5.10 Å². The highest BCUT2D eigenvalue weighted by atomic mass is 32.2. The number of pyridine rings is 1. The van der Waals surface area contributed by atoms with Crippen molar-refractivity contribution < 1.29 is 0 Å². The van der Waals surface area contributed by atoms with Crippen molar-refractivity contribution in [1.82, 2.24) is 4.98 Å². The molecule has 0 aliphatic heterocycles. The third kappa shape index (κ3) is 4.00. The topological polar surface area (TPSA) is 63.6 Å². The van der Waals surface area contributed by atoms with E-state index in [1.165, 1.54) is 17.3 Å². The fourth-order valence-electron chi connectivity index (χ4n) is 2.36. The van der Waals surface area contributed by atoms with Crippen molar-refractivity contribution in [3.8, 4) is 0 Å². The molecule has 0 saturated carbocycles. The van der Waals surface area contributed by atoms with Crippen LogP contribution in [0.15, 0.2) is 71.0 Å². The maximum absolute atomic E-state index is 5.91. The van der Waals surface area contributed by atoms with Gasteiger partial charge in [0, 0.05) is 22.9 Å². The molecular formula is C19H18N4S. The van der Waals surface area contributed by atoms with E-state index in [0.717, 1.165) is 27.8 Å². The molecular weight excluding hydrogens is 316 g/mol. The van der Waals surface area contributed by atoms with Gasteiger partial charge in [0.05, 0.1) is 11.7 Å². The van der Waals surface area contributed by atoms with Gasteiger partial charge in [0.2, 0.25) is 0 Å². The minimum atomic E-state index is 0.449. The van der Waals surface area contributed by atoms with Crippen LogP contribution in [-0.4, -0.2) is 16.4 Å². The second-order valence-corrected chi connectivity index (χ2v) is 6.32. The molecule has 0 spiro atoms. The molecule has 0 atom stereocenters. The number of nitrogens with zero attached hydrogens (tertiary/aromatic N) is 3. The highest BCUT2D eigenvalue weighted by molar-refractivity contribution is 8.13. The van der Waals surface area contributed by atoms with Crippen LogP contribution in [0.3, 0.4) is 0 Å². The standard InChI is InChI=1S/C19H18N4S/c1-14-9-10-16(17-8-5-11-21-18(14)17)12-22-23-19(20)24-13-15-6-3-2-4-7-15/h2-12H,13H2,1H3,(H2,20,23). The Bertz CT molecular complexity index is 888. The number of nitrogens with two attached hydrogens (primary N) is 1. The van der Waals surface area contributed by atoms with Crippen molar-refractivity contribution in [3.05, 3.63) is 77.5 Å². The molecule has 1 heterocycles. The van der Waals surface area contributed by atoms with Crippen LogP contribution in [0.1, 0.15) is 16.7 Å². The van der Waals surface area contributed by atoms with E-state index in [1.54, 1.807) is 12.4 Å². The van der Waals surface area contributed by atoms with Gasteiger partial charge in [0.15, 0.2) is 5.17 Å². The summed E-state index contributed by atoms with van der Waals surface area (Å²) in [5, 5.41) is 9.70. The van der Waals surface area contributed by atoms with Gasteiger partial charge >= 0.3 is 0 Å². The minimum absolute atomic E-state index is 0.449. The summed E-state index contributed by atoms with van der Waals surface area (Å²) in [5.74, 6) is 0.781. The normalized spacial score (nSPS) is 12.1. The largest absolute Gasteiger partial charge is 0.377 e. The summed E-state index contributed by atoms with van der Waals surface area (Å²) in [5.41, 5.74) is 10.2. The van der Waals surface area contributed by atoms with Crippen molar-refractivity contribution in [3.63, 3.8) is 0 Å². The zero-order valence-corrected chi connectivity index (χ0v) is 14.2. The van der Waals surface area contributed by atoms with Crippen LogP contribution in [0.5, 0.6) is 0 Å². The molecule has 0 radical (unpaired) electrons. The Morgan fingerprint density at radius 1 is 1.12 bits per heavy atom. The van der Waals surface area contributed by atoms with Gasteiger partial charge in [-0.15, -0.1) is 5.10 Å². The molecule has 0 saturated heterocycles. The fraction of sp³-hybridized carbons (Fsp3) is 0.105. The van der Waals surface area contributed by atoms with E-state index in [0.29, 0.717) is 5.17 Å². The minimum Gasteiger partial charge on any atom is -0.377 e. The lowest BCUT2D eigenvalue weighted by molar-refractivity contribution is 1.25. The van der Waals surface area contributed by atoms with Crippen molar-refractivity contribution in [2.24, 2.45) is 15.9 Å². The third-order valence-corrected chi connectivity index (χ3v) is 4.44. The van der Waals surface area contributed by atoms with Crippen LogP contribution in [0.25, 0.3) is 10.9 Å². The number of thioether (sulfide) groups is 1. The first-order valence-electron chi connectivity index (χ1n) is 7.61. The number of benzene rings is 2. The van der Waals surface area contributed by atoms with Gasteiger partial charge in [-0.3, -0.25) is 4.98 Å². The van der Waals surface area contributed by atoms with E-state index in [1.807, 2.05) is 49.4 Å². The van der Waals surface area contributed by atoms with Gasteiger partial charge in [-0.25, -0.2) is 0 Å². The zero-order valence-electron chi connectivity index (χ0n) is 13.4. The molecule has 24 heavy (non-hydrogen) atoms. The Kier molecular flexibility index (Phi) is 5.23. The number of amidine groups is 1. The molecule has 3 rings (SSSR count). The lowest BCUT2D eigenvalue weighted by Gasteiger charge is -2.03. The summed E-state index contributed by atoms with van der Waals surface area (Å²) in [6.45, 7) is 2.05. The molecule has 0 fully saturated rings. The number of rotatable bonds is 4. The molecule has 0 unspecified atom stereocenters. The smallest absolute Gasteiger partial charge is 0.180 e. The Hall–Kier alpha value is -2.66. The predicted molar refractivity (Wildman–Crippen MR) is 103 cm³/mol. The second kappa shape index (κ2) is 7.75. The molecule has 1 aromatic heterocycles. The number of fused-ring (bicyclic) bond motifs is 1. The predicted octanol–water partition coefficient (Wildman–Crippen LogP) is 4.13. The number of aryl methyl sites for hydroxylation is 1. The van der Waals surface area contributed by atoms with Gasteiger partial charge in [0.1, 0.15) is 0 Å². The maximum atomic E-state index is 5.91. The molecule has 0 aliphatic carbocycles. The second-order valence-electron chi connectivity index (χ2n) is 5.33. The Morgan fingerprint density at radius 2 is 1.96 bits per heavy atom. The first-order chi connectivity index (χ1) is 11.7. The van der Waals surface area contributed by atoms with Gasteiger partial charge in [0.25, 0.3) is 0 Å². The monoisotopic (exact) mass is 334 g/mol. The van der Waals surface area contributed by atoms with E-state index in [-0.39, 0.29) is 0 Å². The summed E-state index contributed by atoms with van der Waals surface area (Å²) in [4.78, 5) is 4.42. The van der Waals surface area contributed by atoms with Gasteiger partial charge in [-0.1, -0.05) is 60.3 Å². The highest BCUT2D eigenvalue weighted by Crippen LogP contribution is 2.19. The number of aromatic nitrogens is 1. The zero-order chi connectivity index (χ0) is 16.8. The van der Waals surface area contributed by atoms with Crippen LogP contribution in [0, 0.1) is 6.92 Å². The lowest BCUT2D eigenvalue weighted by Crippen LogP contribution is -2.06. The van der Waals surface area contributed by atoms with Gasteiger partial charge < -0.3 is 5.73 Å². The SMILES string of the molecule is Cc1ccc(C=NN=C(N)SCc2ccccc2)c2cccnc12. The quantitative estimate of drug-likeness (QED) is 0.443. The summed E-state index contributed by atoms with van der Waals surface area (Å²) in [7, 11) is 0. The average Bonchev–Trinajstić information content (AvgIpc) is 2.63. The van der Waals surface area contributed by atoms with Crippen LogP contribution < -0.4 is 5.73 Å². The van der Waals surface area contributed by atoms with E-state index < -0.39 is 0 Å². The Labute approximate surface area is 145 Å². The van der Waals surface area contributed by atoms with E-state index in [4.69, 9.17) is 5.73 Å². The molecule has 2 aromatic carbocycles. The Balaban J connectivity index is 1.71. The molecule has 0 amide bonds. The van der Waals surface area contributed by atoms with Crippen molar-refractivity contribution in [2.45, 2.75) is 12.7 Å². The molecule has 2 N–H and O–H groups in total. The maximum Gasteiger partial charge on any atom is 0.180 e. The van der Waals surface area contributed by atoms with E-state index >= 15 is 0 Å². The summed E-state index contributed by atoms with van der Waals surface area (Å²) >= 11 is 1.47.